The Morgan fingerprint density at radius 1 is 0.958 bits per heavy atom. The highest BCUT2D eigenvalue weighted by molar-refractivity contribution is 6.08. The molecule has 0 saturated carbocycles. The van der Waals surface area contributed by atoms with E-state index in [2.05, 4.69) is 5.32 Å². The quantitative estimate of drug-likeness (QED) is 0.630. The van der Waals surface area contributed by atoms with Gasteiger partial charge in [-0.15, -0.1) is 0 Å². The molecule has 2 aromatic carbocycles. The predicted molar refractivity (Wildman–Crippen MR) is 81.1 cm³/mol. The third-order valence-electron chi connectivity index (χ3n) is 3.04. The van der Waals surface area contributed by atoms with Crippen LogP contribution in [0, 0.1) is 20.2 Å². The maximum absolute atomic E-state index is 12.1. The van der Waals surface area contributed by atoms with Crippen LogP contribution in [-0.2, 0) is 0 Å². The fourth-order valence-corrected chi connectivity index (χ4v) is 1.94. The summed E-state index contributed by atoms with van der Waals surface area (Å²) in [5.74, 6) is -2.10. The minimum atomic E-state index is -1.26. The van der Waals surface area contributed by atoms with Crippen molar-refractivity contribution in [2.75, 3.05) is 5.32 Å². The largest absolute Gasteiger partial charge is 0.478 e. The number of carboxylic acids is 1. The number of hydrogen-bond donors (Lipinski definition) is 2. The minimum absolute atomic E-state index is 0.00370. The number of anilines is 1. The van der Waals surface area contributed by atoms with E-state index < -0.39 is 33.1 Å². The molecule has 0 spiro atoms. The molecule has 0 fully saturated rings. The average molecular weight is 331 g/mol. The van der Waals surface area contributed by atoms with Crippen LogP contribution < -0.4 is 5.32 Å². The van der Waals surface area contributed by atoms with Crippen molar-refractivity contribution in [3.8, 4) is 0 Å². The molecule has 0 heterocycles. The van der Waals surface area contributed by atoms with Crippen molar-refractivity contribution >= 4 is 28.9 Å². The van der Waals surface area contributed by atoms with Gasteiger partial charge in [0.2, 0.25) is 0 Å². The molecule has 0 aliphatic rings. The molecule has 0 atom stereocenters. The number of carboxylic acid groups (broad SMARTS) is 1. The number of nitro benzene ring substituents is 2. The first kappa shape index (κ1) is 16.5. The van der Waals surface area contributed by atoms with E-state index in [0.717, 1.165) is 18.2 Å². The van der Waals surface area contributed by atoms with E-state index in [-0.39, 0.29) is 16.8 Å². The second-order valence-corrected chi connectivity index (χ2v) is 4.52. The van der Waals surface area contributed by atoms with Crippen molar-refractivity contribution in [2.45, 2.75) is 0 Å². The summed E-state index contributed by atoms with van der Waals surface area (Å²) in [6.45, 7) is 0. The van der Waals surface area contributed by atoms with Gasteiger partial charge < -0.3 is 10.4 Å². The van der Waals surface area contributed by atoms with Crippen LogP contribution in [0.25, 0.3) is 0 Å². The zero-order valence-corrected chi connectivity index (χ0v) is 11.8. The summed E-state index contributed by atoms with van der Waals surface area (Å²) in [6.07, 6.45) is 0. The van der Waals surface area contributed by atoms with E-state index >= 15 is 0 Å². The van der Waals surface area contributed by atoms with Gasteiger partial charge in [0.25, 0.3) is 5.91 Å². The summed E-state index contributed by atoms with van der Waals surface area (Å²) >= 11 is 0. The Bertz CT molecular complexity index is 863. The van der Waals surface area contributed by atoms with Crippen molar-refractivity contribution in [3.63, 3.8) is 0 Å². The molecule has 0 aliphatic carbocycles. The van der Waals surface area contributed by atoms with Gasteiger partial charge in [0, 0.05) is 17.7 Å². The van der Waals surface area contributed by atoms with E-state index in [1.807, 2.05) is 0 Å². The smallest absolute Gasteiger partial charge is 0.346 e. The van der Waals surface area contributed by atoms with Crippen LogP contribution in [0.3, 0.4) is 0 Å². The summed E-state index contributed by atoms with van der Waals surface area (Å²) in [4.78, 5) is 43.0. The molecule has 10 heteroatoms. The molecule has 0 radical (unpaired) electrons. The van der Waals surface area contributed by atoms with Crippen LogP contribution in [0.2, 0.25) is 0 Å². The molecule has 0 unspecified atom stereocenters. The Balaban J connectivity index is 2.38. The lowest BCUT2D eigenvalue weighted by Crippen LogP contribution is -2.15. The SMILES string of the molecule is O=C(Nc1ccccc1C(=O)O)c1ccc([N+](=O)[O-])c([N+](=O)[O-])c1. The Morgan fingerprint density at radius 2 is 1.58 bits per heavy atom. The number of nitrogens with zero attached hydrogens (tertiary/aromatic N) is 2. The van der Waals surface area contributed by atoms with E-state index in [0.29, 0.717) is 0 Å². The van der Waals surface area contributed by atoms with E-state index in [1.54, 1.807) is 0 Å². The third-order valence-corrected chi connectivity index (χ3v) is 3.04. The molecule has 1 amide bonds. The van der Waals surface area contributed by atoms with Gasteiger partial charge in [-0.2, -0.15) is 0 Å². The molecule has 2 rings (SSSR count). The van der Waals surface area contributed by atoms with Crippen LogP contribution in [0.15, 0.2) is 42.5 Å². The molecule has 0 bridgehead atoms. The van der Waals surface area contributed by atoms with E-state index in [1.165, 1.54) is 24.3 Å². The third kappa shape index (κ3) is 3.32. The molecule has 0 saturated heterocycles. The zero-order valence-electron chi connectivity index (χ0n) is 11.8. The molecule has 122 valence electrons. The second-order valence-electron chi connectivity index (χ2n) is 4.52. The molecule has 2 N–H and O–H groups in total. The van der Waals surface area contributed by atoms with Gasteiger partial charge in [-0.3, -0.25) is 25.0 Å². The highest BCUT2D eigenvalue weighted by Gasteiger charge is 2.26. The molecule has 10 nitrogen and oxygen atoms in total. The fraction of sp³-hybridized carbons (Fsp3) is 0. The molecular formula is C14H9N3O7. The second kappa shape index (κ2) is 6.52. The first-order valence-electron chi connectivity index (χ1n) is 6.37. The van der Waals surface area contributed by atoms with Gasteiger partial charge in [0.1, 0.15) is 0 Å². The number of nitro groups is 2. The number of para-hydroxylation sites is 1. The van der Waals surface area contributed by atoms with Crippen LogP contribution in [0.4, 0.5) is 17.1 Å². The molecule has 24 heavy (non-hydrogen) atoms. The predicted octanol–water partition coefficient (Wildman–Crippen LogP) is 2.45. The summed E-state index contributed by atoms with van der Waals surface area (Å²) in [5, 5.41) is 33.0. The highest BCUT2D eigenvalue weighted by atomic mass is 16.6. The van der Waals surface area contributed by atoms with Crippen LogP contribution >= 0.6 is 0 Å². The highest BCUT2D eigenvalue weighted by Crippen LogP contribution is 2.28. The van der Waals surface area contributed by atoms with Crippen molar-refractivity contribution < 1.29 is 24.5 Å². The van der Waals surface area contributed by atoms with Gasteiger partial charge in [-0.05, 0) is 18.2 Å². The number of nitrogens with one attached hydrogen (secondary N) is 1. The molecular weight excluding hydrogens is 322 g/mol. The van der Waals surface area contributed by atoms with Crippen molar-refractivity contribution in [3.05, 3.63) is 73.8 Å². The molecule has 0 aliphatic heterocycles. The summed E-state index contributed by atoms with van der Waals surface area (Å²) in [7, 11) is 0. The zero-order chi connectivity index (χ0) is 17.9. The Morgan fingerprint density at radius 3 is 2.17 bits per heavy atom. The first-order chi connectivity index (χ1) is 11.3. The molecule has 2 aromatic rings. The monoisotopic (exact) mass is 331 g/mol. The standard InChI is InChI=1S/C14H9N3O7/c18-13(15-10-4-2-1-3-9(10)14(19)20)8-5-6-11(16(21)22)12(7-8)17(23)24/h1-7H,(H,15,18)(H,19,20). The van der Waals surface area contributed by atoms with Crippen molar-refractivity contribution in [1.82, 2.24) is 0 Å². The summed E-state index contributed by atoms with van der Waals surface area (Å²) < 4.78 is 0. The lowest BCUT2D eigenvalue weighted by Gasteiger charge is -2.08. The average Bonchev–Trinajstić information content (AvgIpc) is 2.54. The minimum Gasteiger partial charge on any atom is -0.478 e. The van der Waals surface area contributed by atoms with E-state index in [4.69, 9.17) is 5.11 Å². The summed E-state index contributed by atoms with van der Waals surface area (Å²) in [6, 6.07) is 8.24. The van der Waals surface area contributed by atoms with E-state index in [9.17, 15) is 29.8 Å². The number of carbonyl (C=O) groups excluding carboxylic acids is 1. The van der Waals surface area contributed by atoms with Gasteiger partial charge in [0.05, 0.1) is 21.1 Å². The van der Waals surface area contributed by atoms with Crippen molar-refractivity contribution in [2.24, 2.45) is 0 Å². The van der Waals surface area contributed by atoms with Gasteiger partial charge in [-0.1, -0.05) is 12.1 Å². The maximum atomic E-state index is 12.1. The Labute approximate surface area is 133 Å². The topological polar surface area (TPSA) is 153 Å². The number of hydrogen-bond acceptors (Lipinski definition) is 6. The first-order valence-corrected chi connectivity index (χ1v) is 6.37. The maximum Gasteiger partial charge on any atom is 0.346 e. The van der Waals surface area contributed by atoms with Gasteiger partial charge in [-0.25, -0.2) is 4.79 Å². The summed E-state index contributed by atoms with van der Waals surface area (Å²) in [5.41, 5.74) is -1.97. The number of amides is 1. The number of carbonyl (C=O) groups is 2. The van der Waals surface area contributed by atoms with Crippen LogP contribution in [0.1, 0.15) is 20.7 Å². The van der Waals surface area contributed by atoms with Crippen LogP contribution in [0.5, 0.6) is 0 Å². The Kier molecular flexibility index (Phi) is 4.50. The van der Waals surface area contributed by atoms with Gasteiger partial charge >= 0.3 is 17.3 Å². The normalized spacial score (nSPS) is 10.0. The van der Waals surface area contributed by atoms with Crippen molar-refractivity contribution in [1.29, 1.82) is 0 Å². The lowest BCUT2D eigenvalue weighted by molar-refractivity contribution is -0.422. The lowest BCUT2D eigenvalue weighted by atomic mass is 10.1. The number of benzene rings is 2. The molecule has 0 aromatic heterocycles. The number of aromatic carboxylic acids is 1. The Hall–Kier alpha value is -3.82. The number of rotatable bonds is 5. The van der Waals surface area contributed by atoms with Gasteiger partial charge in [0.15, 0.2) is 0 Å². The fourth-order valence-electron chi connectivity index (χ4n) is 1.94. The van der Waals surface area contributed by atoms with Crippen LogP contribution in [-0.4, -0.2) is 26.8 Å².